The summed E-state index contributed by atoms with van der Waals surface area (Å²) in [6.07, 6.45) is 2.24. The van der Waals surface area contributed by atoms with E-state index in [4.69, 9.17) is 4.74 Å². The number of nitrogens with one attached hydrogen (secondary N) is 2. The fourth-order valence-corrected chi connectivity index (χ4v) is 4.04. The number of ether oxygens (including phenoxy) is 1. The van der Waals surface area contributed by atoms with Crippen LogP contribution in [0.15, 0.2) is 36.4 Å². The molecule has 2 N–H and O–H groups in total. The molecule has 1 saturated heterocycles. The van der Waals surface area contributed by atoms with Gasteiger partial charge in [-0.05, 0) is 24.6 Å². The average molecular weight is 366 g/mol. The monoisotopic (exact) mass is 366 g/mol. The van der Waals surface area contributed by atoms with Gasteiger partial charge in [0.05, 0.1) is 18.5 Å². The first-order chi connectivity index (χ1) is 13.2. The van der Waals surface area contributed by atoms with E-state index in [2.05, 4.69) is 39.9 Å². The van der Waals surface area contributed by atoms with Gasteiger partial charge in [-0.2, -0.15) is 0 Å². The summed E-state index contributed by atoms with van der Waals surface area (Å²) in [5.41, 5.74) is 4.11. The molecular weight excluding hydrogens is 340 g/mol. The maximum Gasteiger partial charge on any atom is 0.227 e. The first-order valence-electron chi connectivity index (χ1n) is 9.52. The highest BCUT2D eigenvalue weighted by Gasteiger charge is 2.29. The second-order valence-corrected chi connectivity index (χ2v) is 7.19. The number of pyridine rings is 1. The topological polar surface area (TPSA) is 66.5 Å². The Kier molecular flexibility index (Phi) is 5.09. The fourth-order valence-electron chi connectivity index (χ4n) is 4.04. The van der Waals surface area contributed by atoms with E-state index in [0.29, 0.717) is 37.4 Å². The summed E-state index contributed by atoms with van der Waals surface area (Å²) in [5, 5.41) is 7.26. The van der Waals surface area contributed by atoms with E-state index in [1.54, 1.807) is 12.0 Å². The molecule has 2 aliphatic heterocycles. The lowest BCUT2D eigenvalue weighted by Gasteiger charge is -2.27. The number of amides is 1. The van der Waals surface area contributed by atoms with Crippen LogP contribution in [-0.4, -0.2) is 37.6 Å². The summed E-state index contributed by atoms with van der Waals surface area (Å²) < 4.78 is 5.53. The van der Waals surface area contributed by atoms with E-state index in [1.807, 2.05) is 19.2 Å². The van der Waals surface area contributed by atoms with Crippen molar-refractivity contribution in [2.45, 2.75) is 37.9 Å². The maximum atomic E-state index is 12.0. The normalized spacial score (nSPS) is 22.0. The predicted octanol–water partition coefficient (Wildman–Crippen LogP) is 2.19. The predicted molar refractivity (Wildman–Crippen MR) is 105 cm³/mol. The number of benzene rings is 1. The lowest BCUT2D eigenvalue weighted by molar-refractivity contribution is -0.118. The van der Waals surface area contributed by atoms with Crippen LogP contribution in [0.4, 0.5) is 5.69 Å². The molecule has 2 aromatic rings. The number of carbonyl (C=O) groups is 1. The molecule has 0 unspecified atom stereocenters. The molecule has 0 bridgehead atoms. The van der Waals surface area contributed by atoms with E-state index in [0.717, 1.165) is 29.9 Å². The van der Waals surface area contributed by atoms with E-state index in [-0.39, 0.29) is 5.91 Å². The highest BCUT2D eigenvalue weighted by Crippen LogP contribution is 2.31. The smallest absolute Gasteiger partial charge is 0.227 e. The van der Waals surface area contributed by atoms with Crippen LogP contribution in [-0.2, 0) is 17.8 Å². The second-order valence-electron chi connectivity index (χ2n) is 7.19. The van der Waals surface area contributed by atoms with Crippen LogP contribution in [0.3, 0.4) is 0 Å². The third-order valence-corrected chi connectivity index (χ3v) is 5.56. The Hall–Kier alpha value is -2.44. The molecule has 0 spiro atoms. The summed E-state index contributed by atoms with van der Waals surface area (Å²) in [5.74, 6) is 0.781. The number of carbonyl (C=O) groups excluding carboxylic acids is 1. The van der Waals surface area contributed by atoms with E-state index in [9.17, 15) is 4.79 Å². The second kappa shape index (κ2) is 7.66. The van der Waals surface area contributed by atoms with Crippen molar-refractivity contribution >= 4 is 11.6 Å². The zero-order valence-electron chi connectivity index (χ0n) is 15.9. The molecule has 142 valence electrons. The molecule has 27 heavy (non-hydrogen) atoms. The van der Waals surface area contributed by atoms with Crippen molar-refractivity contribution in [3.63, 3.8) is 0 Å². The summed E-state index contributed by atoms with van der Waals surface area (Å²) in [7, 11) is 3.47. The Balaban J connectivity index is 1.53. The van der Waals surface area contributed by atoms with Crippen molar-refractivity contribution < 1.29 is 9.53 Å². The number of methoxy groups -OCH3 is 1. The first-order valence-corrected chi connectivity index (χ1v) is 9.52. The quantitative estimate of drug-likeness (QED) is 0.849. The average Bonchev–Trinajstić information content (AvgIpc) is 3.18. The molecule has 0 radical (unpaired) electrons. The molecule has 4 rings (SSSR count). The first kappa shape index (κ1) is 17.9. The summed E-state index contributed by atoms with van der Waals surface area (Å²) in [6, 6.07) is 13.2. The van der Waals surface area contributed by atoms with Gasteiger partial charge in [0, 0.05) is 44.1 Å². The van der Waals surface area contributed by atoms with Gasteiger partial charge in [-0.25, -0.2) is 4.98 Å². The number of fused-ring (bicyclic) bond motifs is 1. The fraction of sp³-hybridized carbons (Fsp3) is 0.429. The third kappa shape index (κ3) is 3.55. The standard InChI is InChI=1S/C21H26N4O2/c1-25-18-12-15(21(27-2)24-16(18)8-9-19(25)26)13-23-17-10-11-22-20(17)14-6-4-3-5-7-14/h3-7,12,17,20,22-23H,8-11,13H2,1-2H3/t17-,20-/m0/s1. The van der Waals surface area contributed by atoms with E-state index < -0.39 is 0 Å². The van der Waals surface area contributed by atoms with Crippen LogP contribution in [0, 0.1) is 0 Å². The number of hydrogen-bond donors (Lipinski definition) is 2. The molecule has 6 nitrogen and oxygen atoms in total. The number of hydrogen-bond acceptors (Lipinski definition) is 5. The van der Waals surface area contributed by atoms with Crippen LogP contribution in [0.25, 0.3) is 0 Å². The van der Waals surface area contributed by atoms with Crippen LogP contribution < -0.4 is 20.3 Å². The van der Waals surface area contributed by atoms with Gasteiger partial charge in [-0.15, -0.1) is 0 Å². The number of aryl methyl sites for hydroxylation is 1. The zero-order chi connectivity index (χ0) is 18.8. The summed E-state index contributed by atoms with van der Waals surface area (Å²) in [6.45, 7) is 1.65. The minimum Gasteiger partial charge on any atom is -0.481 e. The number of aromatic nitrogens is 1. The molecule has 6 heteroatoms. The lowest BCUT2D eigenvalue weighted by Crippen LogP contribution is -2.35. The SMILES string of the molecule is COc1nc2c(cc1CN[C@H]1CCN[C@H]1c1ccccc1)N(C)C(=O)CC2. The van der Waals surface area contributed by atoms with Gasteiger partial charge in [-0.1, -0.05) is 30.3 Å². The maximum absolute atomic E-state index is 12.0. The van der Waals surface area contributed by atoms with Crippen molar-refractivity contribution in [1.29, 1.82) is 0 Å². The van der Waals surface area contributed by atoms with Gasteiger partial charge in [0.25, 0.3) is 0 Å². The lowest BCUT2D eigenvalue weighted by atomic mass is 10.0. The van der Waals surface area contributed by atoms with Crippen molar-refractivity contribution in [3.05, 3.63) is 53.2 Å². The van der Waals surface area contributed by atoms with Gasteiger partial charge < -0.3 is 20.3 Å². The van der Waals surface area contributed by atoms with Gasteiger partial charge >= 0.3 is 0 Å². The van der Waals surface area contributed by atoms with Gasteiger partial charge in [-0.3, -0.25) is 4.79 Å². The highest BCUT2D eigenvalue weighted by atomic mass is 16.5. The molecule has 1 fully saturated rings. The molecular formula is C21H26N4O2. The van der Waals surface area contributed by atoms with Crippen LogP contribution in [0.1, 0.15) is 35.7 Å². The molecule has 1 aromatic heterocycles. The van der Waals surface area contributed by atoms with Gasteiger partial charge in [0.1, 0.15) is 0 Å². The molecule has 0 aliphatic carbocycles. The number of rotatable bonds is 5. The minimum absolute atomic E-state index is 0.137. The van der Waals surface area contributed by atoms with Crippen LogP contribution in [0.5, 0.6) is 5.88 Å². The van der Waals surface area contributed by atoms with Crippen molar-refractivity contribution in [2.75, 3.05) is 25.6 Å². The summed E-state index contributed by atoms with van der Waals surface area (Å²) >= 11 is 0. The van der Waals surface area contributed by atoms with Gasteiger partial charge in [0.2, 0.25) is 11.8 Å². The van der Waals surface area contributed by atoms with Crippen LogP contribution >= 0.6 is 0 Å². The van der Waals surface area contributed by atoms with Gasteiger partial charge in [0.15, 0.2) is 0 Å². The summed E-state index contributed by atoms with van der Waals surface area (Å²) in [4.78, 5) is 18.4. The largest absolute Gasteiger partial charge is 0.481 e. The Morgan fingerprint density at radius 3 is 2.89 bits per heavy atom. The molecule has 1 aromatic carbocycles. The molecule has 3 heterocycles. The Morgan fingerprint density at radius 1 is 1.30 bits per heavy atom. The van der Waals surface area contributed by atoms with Crippen molar-refractivity contribution in [2.24, 2.45) is 0 Å². The zero-order valence-corrected chi connectivity index (χ0v) is 15.9. The highest BCUT2D eigenvalue weighted by molar-refractivity contribution is 5.95. The molecule has 1 amide bonds. The molecule has 0 saturated carbocycles. The minimum atomic E-state index is 0.137. The third-order valence-electron chi connectivity index (χ3n) is 5.56. The Morgan fingerprint density at radius 2 is 2.11 bits per heavy atom. The number of anilines is 1. The molecule has 2 aliphatic rings. The van der Waals surface area contributed by atoms with E-state index >= 15 is 0 Å². The number of nitrogens with zero attached hydrogens (tertiary/aromatic N) is 2. The Labute approximate surface area is 159 Å². The molecule has 2 atom stereocenters. The Bertz CT molecular complexity index is 824. The van der Waals surface area contributed by atoms with Crippen molar-refractivity contribution in [3.8, 4) is 5.88 Å². The van der Waals surface area contributed by atoms with E-state index in [1.165, 1.54) is 5.56 Å². The van der Waals surface area contributed by atoms with Crippen LogP contribution in [0.2, 0.25) is 0 Å². The van der Waals surface area contributed by atoms with Crippen molar-refractivity contribution in [1.82, 2.24) is 15.6 Å².